The average Bonchev–Trinajstić information content (AvgIpc) is 2.51. The van der Waals surface area contributed by atoms with Crippen LogP contribution >= 0.6 is 11.6 Å². The molecular weight excluding hydrogens is 352 g/mol. The fourth-order valence-electron chi connectivity index (χ4n) is 2.06. The minimum atomic E-state index is -3.92. The monoisotopic (exact) mass is 368 g/mol. The Hall–Kier alpha value is -2.25. The van der Waals surface area contributed by atoms with Gasteiger partial charge in [-0.3, -0.25) is 9.52 Å². The van der Waals surface area contributed by atoms with Crippen molar-refractivity contribution in [2.24, 2.45) is 0 Å². The molecule has 0 fully saturated rings. The first-order valence-electron chi connectivity index (χ1n) is 7.14. The first-order valence-corrected chi connectivity index (χ1v) is 9.00. The van der Waals surface area contributed by atoms with Crippen LogP contribution in [0.5, 0.6) is 0 Å². The summed E-state index contributed by atoms with van der Waals surface area (Å²) in [6.45, 7) is 1.90. The highest BCUT2D eigenvalue weighted by Gasteiger charge is 2.21. The van der Waals surface area contributed by atoms with Gasteiger partial charge in [0.05, 0.1) is 17.9 Å². The predicted molar refractivity (Wildman–Crippen MR) is 93.5 cm³/mol. The Kier molecular flexibility index (Phi) is 5.69. The zero-order valence-corrected chi connectivity index (χ0v) is 14.5. The normalized spacial score (nSPS) is 11.1. The summed E-state index contributed by atoms with van der Waals surface area (Å²) in [5.74, 6) is -0.509. The lowest BCUT2D eigenvalue weighted by atomic mass is 10.1. The third-order valence-electron chi connectivity index (χ3n) is 3.12. The smallest absolute Gasteiger partial charge is 0.310 e. The number of anilines is 2. The highest BCUT2D eigenvalue weighted by Crippen LogP contribution is 2.24. The number of sulfonamides is 1. The zero-order valence-electron chi connectivity index (χ0n) is 13.0. The Morgan fingerprint density at radius 3 is 2.50 bits per heavy atom. The molecule has 0 saturated carbocycles. The number of ether oxygens (including phenoxy) is 1. The molecule has 0 unspecified atom stereocenters. The lowest BCUT2D eigenvalue weighted by Gasteiger charge is -2.13. The van der Waals surface area contributed by atoms with E-state index in [0.717, 1.165) is 0 Å². The van der Waals surface area contributed by atoms with E-state index in [0.29, 0.717) is 16.3 Å². The van der Waals surface area contributed by atoms with E-state index in [2.05, 4.69) is 4.72 Å². The molecule has 3 N–H and O–H groups in total. The van der Waals surface area contributed by atoms with Gasteiger partial charge in [-0.05, 0) is 48.9 Å². The van der Waals surface area contributed by atoms with E-state index in [1.54, 1.807) is 19.1 Å². The summed E-state index contributed by atoms with van der Waals surface area (Å²) in [6, 6.07) is 10.6. The maximum Gasteiger partial charge on any atom is 0.310 e. The van der Waals surface area contributed by atoms with Crippen LogP contribution in [0.4, 0.5) is 11.4 Å². The standard InChI is InChI=1S/C16H17ClN2O4S/c1-2-23-16(20)9-11-3-6-13(18)10-15(11)24(21,22)19-14-7-4-12(17)5-8-14/h3-8,10,19H,2,9,18H2,1H3. The molecule has 6 nitrogen and oxygen atoms in total. The first-order chi connectivity index (χ1) is 11.3. The molecule has 0 aliphatic heterocycles. The number of nitrogen functional groups attached to an aromatic ring is 1. The van der Waals surface area contributed by atoms with Crippen molar-refractivity contribution >= 4 is 39.0 Å². The van der Waals surface area contributed by atoms with Crippen molar-refractivity contribution in [3.05, 3.63) is 53.1 Å². The molecule has 0 bridgehead atoms. The number of rotatable bonds is 6. The van der Waals surface area contributed by atoms with Crippen molar-refractivity contribution in [3.63, 3.8) is 0 Å². The first kappa shape index (κ1) is 18.1. The fraction of sp³-hybridized carbons (Fsp3) is 0.188. The molecule has 0 radical (unpaired) electrons. The van der Waals surface area contributed by atoms with Gasteiger partial charge >= 0.3 is 5.97 Å². The van der Waals surface area contributed by atoms with Crippen LogP contribution in [0.25, 0.3) is 0 Å². The van der Waals surface area contributed by atoms with Crippen molar-refractivity contribution in [2.45, 2.75) is 18.2 Å². The molecule has 2 aromatic rings. The van der Waals surface area contributed by atoms with Crippen LogP contribution in [0.3, 0.4) is 0 Å². The summed E-state index contributed by atoms with van der Waals surface area (Å²) in [5.41, 5.74) is 6.64. The highest BCUT2D eigenvalue weighted by molar-refractivity contribution is 7.92. The SMILES string of the molecule is CCOC(=O)Cc1ccc(N)cc1S(=O)(=O)Nc1ccc(Cl)cc1. The molecule has 0 aliphatic carbocycles. The average molecular weight is 369 g/mol. The van der Waals surface area contributed by atoms with Gasteiger partial charge in [0.2, 0.25) is 0 Å². The van der Waals surface area contributed by atoms with Gasteiger partial charge in [-0.1, -0.05) is 17.7 Å². The van der Waals surface area contributed by atoms with Crippen molar-refractivity contribution in [1.29, 1.82) is 0 Å². The van der Waals surface area contributed by atoms with Crippen molar-refractivity contribution < 1.29 is 17.9 Å². The molecule has 0 aliphatic rings. The van der Waals surface area contributed by atoms with Gasteiger partial charge in [-0.25, -0.2) is 8.42 Å². The van der Waals surface area contributed by atoms with Crippen LogP contribution in [-0.2, 0) is 26.0 Å². The Morgan fingerprint density at radius 2 is 1.88 bits per heavy atom. The summed E-state index contributed by atoms with van der Waals surface area (Å²) in [4.78, 5) is 11.6. The van der Waals surface area contributed by atoms with E-state index in [1.807, 2.05) is 0 Å². The molecule has 0 saturated heterocycles. The molecule has 24 heavy (non-hydrogen) atoms. The van der Waals surface area contributed by atoms with Gasteiger partial charge in [0.1, 0.15) is 0 Å². The Bertz CT molecular complexity index is 836. The molecule has 0 amide bonds. The highest BCUT2D eigenvalue weighted by atomic mass is 35.5. The molecule has 8 heteroatoms. The minimum Gasteiger partial charge on any atom is -0.466 e. The Morgan fingerprint density at radius 1 is 1.21 bits per heavy atom. The van der Waals surface area contributed by atoms with Crippen molar-refractivity contribution in [2.75, 3.05) is 17.1 Å². The van der Waals surface area contributed by atoms with Crippen molar-refractivity contribution in [3.8, 4) is 0 Å². The summed E-state index contributed by atoms with van der Waals surface area (Å²) < 4.78 is 32.6. The van der Waals surface area contributed by atoms with Gasteiger partial charge in [-0.15, -0.1) is 0 Å². The quantitative estimate of drug-likeness (QED) is 0.603. The number of nitrogens with two attached hydrogens (primary N) is 1. The van der Waals surface area contributed by atoms with Gasteiger partial charge < -0.3 is 10.5 Å². The van der Waals surface area contributed by atoms with E-state index >= 15 is 0 Å². The number of esters is 1. The number of hydrogen-bond acceptors (Lipinski definition) is 5. The van der Waals surface area contributed by atoms with Crippen LogP contribution in [-0.4, -0.2) is 21.0 Å². The third-order valence-corrected chi connectivity index (χ3v) is 4.83. The van der Waals surface area contributed by atoms with Gasteiger partial charge in [0.15, 0.2) is 0 Å². The van der Waals surface area contributed by atoms with Crippen LogP contribution in [0.1, 0.15) is 12.5 Å². The second kappa shape index (κ2) is 7.55. The molecule has 0 atom stereocenters. The maximum atomic E-state index is 12.6. The van der Waals surface area contributed by atoms with E-state index in [-0.39, 0.29) is 23.6 Å². The lowest BCUT2D eigenvalue weighted by molar-refractivity contribution is -0.142. The van der Waals surface area contributed by atoms with Crippen LogP contribution < -0.4 is 10.5 Å². The Labute approximate surface area is 145 Å². The predicted octanol–water partition coefficient (Wildman–Crippen LogP) is 2.83. The van der Waals surface area contributed by atoms with E-state index in [1.165, 1.54) is 30.3 Å². The summed E-state index contributed by atoms with van der Waals surface area (Å²) in [5, 5.41) is 0.491. The number of halogens is 1. The molecule has 0 heterocycles. The van der Waals surface area contributed by atoms with E-state index in [4.69, 9.17) is 22.1 Å². The summed E-state index contributed by atoms with van der Waals surface area (Å²) in [7, 11) is -3.92. The molecule has 128 valence electrons. The number of hydrogen-bond donors (Lipinski definition) is 2. The number of nitrogens with one attached hydrogen (secondary N) is 1. The lowest BCUT2D eigenvalue weighted by Crippen LogP contribution is -2.17. The van der Waals surface area contributed by atoms with Crippen LogP contribution in [0, 0.1) is 0 Å². The number of carbonyl (C=O) groups excluding carboxylic acids is 1. The number of benzene rings is 2. The van der Waals surface area contributed by atoms with Crippen LogP contribution in [0.2, 0.25) is 5.02 Å². The van der Waals surface area contributed by atoms with Gasteiger partial charge in [-0.2, -0.15) is 0 Å². The zero-order chi connectivity index (χ0) is 17.7. The minimum absolute atomic E-state index is 0.0643. The summed E-state index contributed by atoms with van der Waals surface area (Å²) in [6.07, 6.45) is -0.162. The van der Waals surface area contributed by atoms with Gasteiger partial charge in [0.25, 0.3) is 10.0 Å². The molecular formula is C16H17ClN2O4S. The molecule has 0 aromatic heterocycles. The van der Waals surface area contributed by atoms with Crippen LogP contribution in [0.15, 0.2) is 47.4 Å². The second-order valence-corrected chi connectivity index (χ2v) is 7.05. The van der Waals surface area contributed by atoms with E-state index in [9.17, 15) is 13.2 Å². The Balaban J connectivity index is 2.35. The third kappa shape index (κ3) is 4.62. The van der Waals surface area contributed by atoms with Gasteiger partial charge in [0, 0.05) is 16.4 Å². The fourth-order valence-corrected chi connectivity index (χ4v) is 3.52. The number of carbonyl (C=O) groups is 1. The van der Waals surface area contributed by atoms with E-state index < -0.39 is 16.0 Å². The topological polar surface area (TPSA) is 98.5 Å². The largest absolute Gasteiger partial charge is 0.466 e. The maximum absolute atomic E-state index is 12.6. The molecule has 2 rings (SSSR count). The van der Waals surface area contributed by atoms with Crippen molar-refractivity contribution in [1.82, 2.24) is 0 Å². The molecule has 2 aromatic carbocycles. The molecule has 0 spiro atoms. The second-order valence-electron chi connectivity index (χ2n) is 4.96. The summed E-state index contributed by atoms with van der Waals surface area (Å²) >= 11 is 5.79.